The topological polar surface area (TPSA) is 45.8 Å². The summed E-state index contributed by atoms with van der Waals surface area (Å²) in [6, 6.07) is 4.62. The third-order valence-corrected chi connectivity index (χ3v) is 4.24. The van der Waals surface area contributed by atoms with Crippen LogP contribution in [-0.2, 0) is 6.42 Å². The van der Waals surface area contributed by atoms with E-state index in [0.29, 0.717) is 17.5 Å². The SMILES string of the molecule is CC1(C)CC(=O)c2c(ncc3[nH]c4cc(F)ccc4c23)C1. The predicted molar refractivity (Wildman–Crippen MR) is 80.0 cm³/mol. The number of aromatic amines is 1. The monoisotopic (exact) mass is 282 g/mol. The van der Waals surface area contributed by atoms with Crippen LogP contribution in [0.1, 0.15) is 36.3 Å². The van der Waals surface area contributed by atoms with Gasteiger partial charge in [-0.1, -0.05) is 13.8 Å². The Hall–Kier alpha value is -2.23. The second-order valence-electron chi connectivity index (χ2n) is 6.62. The quantitative estimate of drug-likeness (QED) is 0.677. The highest BCUT2D eigenvalue weighted by molar-refractivity contribution is 6.19. The summed E-state index contributed by atoms with van der Waals surface area (Å²) in [5, 5.41) is 1.77. The number of ketones is 1. The highest BCUT2D eigenvalue weighted by atomic mass is 19.1. The molecule has 1 N–H and O–H groups in total. The normalized spacial score (nSPS) is 17.4. The van der Waals surface area contributed by atoms with E-state index in [4.69, 9.17) is 0 Å². The molecule has 0 saturated heterocycles. The van der Waals surface area contributed by atoms with Crippen molar-refractivity contribution < 1.29 is 9.18 Å². The van der Waals surface area contributed by atoms with E-state index >= 15 is 0 Å². The molecule has 0 amide bonds. The number of Topliss-reactive ketones (excluding diaryl/α,β-unsaturated/α-hetero) is 1. The number of aromatic nitrogens is 2. The van der Waals surface area contributed by atoms with Gasteiger partial charge in [0.15, 0.2) is 5.78 Å². The van der Waals surface area contributed by atoms with Crippen LogP contribution >= 0.6 is 0 Å². The average molecular weight is 282 g/mol. The van der Waals surface area contributed by atoms with Gasteiger partial charge in [0.25, 0.3) is 0 Å². The van der Waals surface area contributed by atoms with Crippen molar-refractivity contribution in [3.63, 3.8) is 0 Å². The largest absolute Gasteiger partial charge is 0.353 e. The van der Waals surface area contributed by atoms with Crippen molar-refractivity contribution in [3.05, 3.63) is 41.5 Å². The number of nitrogens with zero attached hydrogens (tertiary/aromatic N) is 1. The zero-order chi connectivity index (χ0) is 14.8. The van der Waals surface area contributed by atoms with Crippen LogP contribution in [0.3, 0.4) is 0 Å². The standard InChI is InChI=1S/C17H15FN2O/c1-17(2)6-12-16(14(21)7-17)15-10-4-3-9(18)5-11(10)20-13(15)8-19-12/h3-5,8,20H,6-7H2,1-2H3. The Kier molecular flexibility index (Phi) is 2.33. The van der Waals surface area contributed by atoms with Crippen LogP contribution in [0.2, 0.25) is 0 Å². The number of H-pyrrole nitrogens is 1. The fraction of sp³-hybridized carbons (Fsp3) is 0.294. The summed E-state index contributed by atoms with van der Waals surface area (Å²) in [6.07, 6.45) is 3.06. The molecule has 2 heterocycles. The number of carbonyl (C=O) groups is 1. The fourth-order valence-electron chi connectivity index (χ4n) is 3.38. The Bertz CT molecular complexity index is 908. The van der Waals surface area contributed by atoms with E-state index in [1.807, 2.05) is 0 Å². The second-order valence-corrected chi connectivity index (χ2v) is 6.62. The van der Waals surface area contributed by atoms with Crippen LogP contribution in [-0.4, -0.2) is 15.8 Å². The Balaban J connectivity index is 2.11. The molecule has 4 rings (SSSR count). The van der Waals surface area contributed by atoms with Crippen LogP contribution in [0, 0.1) is 11.2 Å². The van der Waals surface area contributed by atoms with Crippen LogP contribution in [0.5, 0.6) is 0 Å². The lowest BCUT2D eigenvalue weighted by molar-refractivity contribution is 0.0912. The van der Waals surface area contributed by atoms with Gasteiger partial charge in [-0.3, -0.25) is 9.78 Å². The summed E-state index contributed by atoms with van der Waals surface area (Å²) in [6.45, 7) is 4.18. The molecule has 0 aliphatic heterocycles. The van der Waals surface area contributed by atoms with E-state index in [9.17, 15) is 9.18 Å². The number of halogens is 1. The van der Waals surface area contributed by atoms with E-state index in [1.165, 1.54) is 12.1 Å². The van der Waals surface area contributed by atoms with E-state index < -0.39 is 0 Å². The number of carbonyl (C=O) groups excluding carboxylic acids is 1. The van der Waals surface area contributed by atoms with Crippen LogP contribution < -0.4 is 0 Å². The summed E-state index contributed by atoms with van der Waals surface area (Å²) in [4.78, 5) is 20.2. The molecule has 0 bridgehead atoms. The third-order valence-electron chi connectivity index (χ3n) is 4.24. The van der Waals surface area contributed by atoms with Gasteiger partial charge < -0.3 is 4.98 Å². The van der Waals surface area contributed by atoms with Gasteiger partial charge in [0.1, 0.15) is 5.82 Å². The van der Waals surface area contributed by atoms with Crippen molar-refractivity contribution in [1.82, 2.24) is 9.97 Å². The summed E-state index contributed by atoms with van der Waals surface area (Å²) in [5.41, 5.74) is 3.02. The predicted octanol–water partition coefficient (Wildman–Crippen LogP) is 4.01. The maximum Gasteiger partial charge on any atom is 0.165 e. The molecule has 1 aliphatic carbocycles. The molecule has 0 atom stereocenters. The Morgan fingerprint density at radius 1 is 1.24 bits per heavy atom. The minimum absolute atomic E-state index is 0.0526. The molecule has 0 radical (unpaired) electrons. The Morgan fingerprint density at radius 2 is 2.05 bits per heavy atom. The maximum atomic E-state index is 13.4. The first-order chi connectivity index (χ1) is 9.94. The first kappa shape index (κ1) is 12.5. The lowest BCUT2D eigenvalue weighted by atomic mass is 9.75. The van der Waals surface area contributed by atoms with Gasteiger partial charge >= 0.3 is 0 Å². The van der Waals surface area contributed by atoms with E-state index in [-0.39, 0.29) is 17.0 Å². The molecule has 3 nitrogen and oxygen atoms in total. The number of pyridine rings is 1. The van der Waals surface area contributed by atoms with Gasteiger partial charge in [0.05, 0.1) is 17.4 Å². The van der Waals surface area contributed by atoms with Crippen molar-refractivity contribution in [2.24, 2.45) is 5.41 Å². The average Bonchev–Trinajstić information content (AvgIpc) is 2.74. The number of benzene rings is 1. The molecule has 106 valence electrons. The van der Waals surface area contributed by atoms with Crippen LogP contribution in [0.15, 0.2) is 24.4 Å². The lowest BCUT2D eigenvalue weighted by Gasteiger charge is -2.29. The number of hydrogen-bond acceptors (Lipinski definition) is 2. The van der Waals surface area contributed by atoms with Crippen molar-refractivity contribution >= 4 is 27.6 Å². The number of fused-ring (bicyclic) bond motifs is 5. The number of rotatable bonds is 0. The molecule has 1 aromatic carbocycles. The van der Waals surface area contributed by atoms with Crippen molar-refractivity contribution in [2.45, 2.75) is 26.7 Å². The molecule has 0 saturated carbocycles. The maximum absolute atomic E-state index is 13.4. The molecule has 0 unspecified atom stereocenters. The van der Waals surface area contributed by atoms with Gasteiger partial charge in [-0.15, -0.1) is 0 Å². The lowest BCUT2D eigenvalue weighted by Crippen LogP contribution is -2.27. The minimum atomic E-state index is -0.289. The van der Waals surface area contributed by atoms with Crippen molar-refractivity contribution in [2.75, 3.05) is 0 Å². The summed E-state index contributed by atoms with van der Waals surface area (Å²) in [5.74, 6) is -0.159. The van der Waals surface area contributed by atoms with Crippen LogP contribution in [0.4, 0.5) is 4.39 Å². The molecule has 3 aromatic rings. The van der Waals surface area contributed by atoms with Gasteiger partial charge in [-0.25, -0.2) is 4.39 Å². The third kappa shape index (κ3) is 1.78. The zero-order valence-electron chi connectivity index (χ0n) is 12.0. The van der Waals surface area contributed by atoms with Gasteiger partial charge in [-0.2, -0.15) is 0 Å². The Labute approximate surface area is 121 Å². The smallest absolute Gasteiger partial charge is 0.165 e. The van der Waals surface area contributed by atoms with Gasteiger partial charge in [0.2, 0.25) is 0 Å². The van der Waals surface area contributed by atoms with E-state index in [2.05, 4.69) is 23.8 Å². The first-order valence-electron chi connectivity index (χ1n) is 7.07. The van der Waals surface area contributed by atoms with Gasteiger partial charge in [0, 0.05) is 28.3 Å². The minimum Gasteiger partial charge on any atom is -0.353 e. The first-order valence-corrected chi connectivity index (χ1v) is 7.07. The Morgan fingerprint density at radius 3 is 2.86 bits per heavy atom. The molecular formula is C17H15FN2O. The highest BCUT2D eigenvalue weighted by Gasteiger charge is 2.33. The number of nitrogens with one attached hydrogen (secondary N) is 1. The molecule has 0 fully saturated rings. The molecule has 1 aliphatic rings. The second kappa shape index (κ2) is 3.91. The van der Waals surface area contributed by atoms with Crippen LogP contribution in [0.25, 0.3) is 21.8 Å². The highest BCUT2D eigenvalue weighted by Crippen LogP contribution is 2.39. The molecule has 0 spiro atoms. The summed E-state index contributed by atoms with van der Waals surface area (Å²) < 4.78 is 13.4. The van der Waals surface area contributed by atoms with Gasteiger partial charge in [-0.05, 0) is 30.0 Å². The molecule has 2 aromatic heterocycles. The van der Waals surface area contributed by atoms with E-state index in [0.717, 1.165) is 28.4 Å². The van der Waals surface area contributed by atoms with Crippen molar-refractivity contribution in [3.8, 4) is 0 Å². The fourth-order valence-corrected chi connectivity index (χ4v) is 3.38. The summed E-state index contributed by atoms with van der Waals surface area (Å²) >= 11 is 0. The number of hydrogen-bond donors (Lipinski definition) is 1. The summed E-state index contributed by atoms with van der Waals surface area (Å²) in [7, 11) is 0. The molecule has 4 heteroatoms. The molecule has 21 heavy (non-hydrogen) atoms. The zero-order valence-corrected chi connectivity index (χ0v) is 12.0. The molecular weight excluding hydrogens is 267 g/mol. The van der Waals surface area contributed by atoms with E-state index in [1.54, 1.807) is 12.3 Å². The van der Waals surface area contributed by atoms with Crippen molar-refractivity contribution in [1.29, 1.82) is 0 Å².